The van der Waals surface area contributed by atoms with Gasteiger partial charge >= 0.3 is 0 Å². The number of rotatable bonds is 1. The number of aryl methyl sites for hydroxylation is 1. The molecule has 0 radical (unpaired) electrons. The van der Waals surface area contributed by atoms with Gasteiger partial charge < -0.3 is 9.52 Å². The lowest BCUT2D eigenvalue weighted by atomic mass is 10.0. The third-order valence-electron chi connectivity index (χ3n) is 3.55. The fourth-order valence-electron chi connectivity index (χ4n) is 2.40. The molecule has 0 bridgehead atoms. The lowest BCUT2D eigenvalue weighted by Crippen LogP contribution is -2.07. The van der Waals surface area contributed by atoms with Gasteiger partial charge in [0.15, 0.2) is 5.43 Å². The second-order valence-electron chi connectivity index (χ2n) is 5.17. The Bertz CT molecular complexity index is 958. The Morgan fingerprint density at radius 1 is 1.09 bits per heavy atom. The zero-order valence-electron chi connectivity index (χ0n) is 11.9. The van der Waals surface area contributed by atoms with Crippen LogP contribution in [0.2, 0.25) is 0 Å². The maximum absolute atomic E-state index is 12.6. The van der Waals surface area contributed by atoms with Crippen LogP contribution in [0, 0.1) is 13.8 Å². The standard InChI is InChI=1S/C17H12Br2O3/c1-8-3-4-14-11(5-8)15(20)9(2)17(22-14)12-6-10(18)7-13(19)16(12)21/h3-7,21H,1-2H3. The first-order valence-electron chi connectivity index (χ1n) is 6.61. The van der Waals surface area contributed by atoms with Crippen LogP contribution in [-0.4, -0.2) is 5.11 Å². The lowest BCUT2D eigenvalue weighted by Gasteiger charge is -2.10. The summed E-state index contributed by atoms with van der Waals surface area (Å²) in [6, 6.07) is 8.94. The Morgan fingerprint density at radius 3 is 2.55 bits per heavy atom. The van der Waals surface area contributed by atoms with E-state index in [1.54, 1.807) is 25.1 Å². The number of benzene rings is 2. The van der Waals surface area contributed by atoms with E-state index >= 15 is 0 Å². The first-order valence-corrected chi connectivity index (χ1v) is 8.19. The molecule has 3 aromatic rings. The summed E-state index contributed by atoms with van der Waals surface area (Å²) in [7, 11) is 0. The van der Waals surface area contributed by atoms with Gasteiger partial charge in [-0.3, -0.25) is 4.79 Å². The molecule has 0 spiro atoms. The molecule has 1 heterocycles. The SMILES string of the molecule is Cc1ccc2oc(-c3cc(Br)cc(Br)c3O)c(C)c(=O)c2c1. The predicted molar refractivity (Wildman–Crippen MR) is 94.5 cm³/mol. The van der Waals surface area contributed by atoms with E-state index < -0.39 is 0 Å². The van der Waals surface area contributed by atoms with Crippen LogP contribution in [-0.2, 0) is 0 Å². The van der Waals surface area contributed by atoms with E-state index in [9.17, 15) is 9.90 Å². The van der Waals surface area contributed by atoms with Gasteiger partial charge in [0.05, 0.1) is 15.4 Å². The summed E-state index contributed by atoms with van der Waals surface area (Å²) in [5.74, 6) is 0.418. The highest BCUT2D eigenvalue weighted by Gasteiger charge is 2.18. The molecule has 0 atom stereocenters. The van der Waals surface area contributed by atoms with E-state index in [2.05, 4.69) is 31.9 Å². The number of hydrogen-bond donors (Lipinski definition) is 1. The molecule has 0 aliphatic rings. The summed E-state index contributed by atoms with van der Waals surface area (Å²) >= 11 is 6.68. The van der Waals surface area contributed by atoms with Gasteiger partial charge in [-0.2, -0.15) is 0 Å². The van der Waals surface area contributed by atoms with Crippen LogP contribution in [0.4, 0.5) is 0 Å². The molecule has 3 nitrogen and oxygen atoms in total. The van der Waals surface area contributed by atoms with E-state index in [4.69, 9.17) is 4.42 Å². The molecule has 112 valence electrons. The van der Waals surface area contributed by atoms with Crippen molar-refractivity contribution in [1.29, 1.82) is 0 Å². The molecule has 5 heteroatoms. The molecule has 1 N–H and O–H groups in total. The topological polar surface area (TPSA) is 50.4 Å². The Balaban J connectivity index is 2.40. The summed E-state index contributed by atoms with van der Waals surface area (Å²) in [5, 5.41) is 10.8. The first kappa shape index (κ1) is 15.3. The summed E-state index contributed by atoms with van der Waals surface area (Å²) in [6.45, 7) is 3.64. The molecule has 0 fully saturated rings. The normalized spacial score (nSPS) is 11.1. The van der Waals surface area contributed by atoms with Crippen molar-refractivity contribution in [2.45, 2.75) is 13.8 Å². The van der Waals surface area contributed by atoms with Crippen molar-refractivity contribution in [2.75, 3.05) is 0 Å². The minimum Gasteiger partial charge on any atom is -0.506 e. The van der Waals surface area contributed by atoms with Crippen molar-refractivity contribution in [1.82, 2.24) is 0 Å². The van der Waals surface area contributed by atoms with Crippen molar-refractivity contribution < 1.29 is 9.52 Å². The van der Waals surface area contributed by atoms with Crippen molar-refractivity contribution in [3.63, 3.8) is 0 Å². The number of fused-ring (bicyclic) bond motifs is 1. The average Bonchev–Trinajstić information content (AvgIpc) is 2.47. The Kier molecular flexibility index (Phi) is 3.87. The molecule has 0 saturated heterocycles. The highest BCUT2D eigenvalue weighted by molar-refractivity contribution is 9.11. The third kappa shape index (κ3) is 2.48. The predicted octanol–water partition coefficient (Wildman–Crippen LogP) is 5.31. The summed E-state index contributed by atoms with van der Waals surface area (Å²) in [5.41, 5.74) is 2.36. The Labute approximate surface area is 143 Å². The van der Waals surface area contributed by atoms with Crippen molar-refractivity contribution in [3.8, 4) is 17.1 Å². The van der Waals surface area contributed by atoms with Gasteiger partial charge in [0.1, 0.15) is 17.1 Å². The van der Waals surface area contributed by atoms with Crippen LogP contribution in [0.3, 0.4) is 0 Å². The monoisotopic (exact) mass is 422 g/mol. The van der Waals surface area contributed by atoms with Crippen LogP contribution in [0.5, 0.6) is 5.75 Å². The Morgan fingerprint density at radius 2 is 1.82 bits per heavy atom. The van der Waals surface area contributed by atoms with E-state index in [1.165, 1.54) is 0 Å². The second-order valence-corrected chi connectivity index (χ2v) is 6.94. The largest absolute Gasteiger partial charge is 0.506 e. The maximum atomic E-state index is 12.6. The van der Waals surface area contributed by atoms with Gasteiger partial charge in [0, 0.05) is 10.0 Å². The number of phenols is 1. The highest BCUT2D eigenvalue weighted by atomic mass is 79.9. The first-order chi connectivity index (χ1) is 10.4. The number of hydrogen-bond acceptors (Lipinski definition) is 3. The van der Waals surface area contributed by atoms with Crippen LogP contribution in [0.1, 0.15) is 11.1 Å². The number of aromatic hydroxyl groups is 1. The minimum absolute atomic E-state index is 0.0425. The summed E-state index contributed by atoms with van der Waals surface area (Å²) in [6.07, 6.45) is 0. The van der Waals surface area contributed by atoms with Crippen molar-refractivity contribution in [3.05, 3.63) is 60.6 Å². The molecule has 0 amide bonds. The highest BCUT2D eigenvalue weighted by Crippen LogP contribution is 2.39. The number of halogens is 2. The van der Waals surface area contributed by atoms with E-state index in [1.807, 2.05) is 19.1 Å². The maximum Gasteiger partial charge on any atom is 0.196 e. The molecule has 0 unspecified atom stereocenters. The van der Waals surface area contributed by atoms with Crippen LogP contribution in [0.15, 0.2) is 48.5 Å². The average molecular weight is 424 g/mol. The molecule has 1 aromatic heterocycles. The second kappa shape index (κ2) is 5.56. The lowest BCUT2D eigenvalue weighted by molar-refractivity contribution is 0.470. The fourth-order valence-corrected chi connectivity index (χ4v) is 3.62. The fraction of sp³-hybridized carbons (Fsp3) is 0.118. The zero-order valence-corrected chi connectivity index (χ0v) is 15.1. The van der Waals surface area contributed by atoms with Gasteiger partial charge in [-0.25, -0.2) is 0 Å². The van der Waals surface area contributed by atoms with E-state index in [-0.39, 0.29) is 11.2 Å². The van der Waals surface area contributed by atoms with Crippen LogP contribution >= 0.6 is 31.9 Å². The number of phenolic OH excluding ortho intramolecular Hbond substituents is 1. The van der Waals surface area contributed by atoms with E-state index in [0.717, 1.165) is 10.0 Å². The molecular weight excluding hydrogens is 412 g/mol. The van der Waals surface area contributed by atoms with Gasteiger partial charge in [0.25, 0.3) is 0 Å². The summed E-state index contributed by atoms with van der Waals surface area (Å²) in [4.78, 5) is 12.6. The molecule has 0 aliphatic carbocycles. The molecule has 2 aromatic carbocycles. The van der Waals surface area contributed by atoms with Gasteiger partial charge in [-0.1, -0.05) is 27.6 Å². The smallest absolute Gasteiger partial charge is 0.196 e. The molecular formula is C17H12Br2O3. The minimum atomic E-state index is -0.0875. The zero-order chi connectivity index (χ0) is 16.0. The summed E-state index contributed by atoms with van der Waals surface area (Å²) < 4.78 is 7.21. The Hall–Kier alpha value is -1.59. The molecule has 0 saturated carbocycles. The quantitative estimate of drug-likeness (QED) is 0.577. The van der Waals surface area contributed by atoms with Crippen molar-refractivity contribution >= 4 is 42.8 Å². The van der Waals surface area contributed by atoms with Crippen molar-refractivity contribution in [2.24, 2.45) is 0 Å². The van der Waals surface area contributed by atoms with Crippen LogP contribution < -0.4 is 5.43 Å². The third-order valence-corrected chi connectivity index (χ3v) is 4.61. The van der Waals surface area contributed by atoms with E-state index in [0.29, 0.717) is 32.3 Å². The van der Waals surface area contributed by atoms with Gasteiger partial charge in [0.2, 0.25) is 0 Å². The van der Waals surface area contributed by atoms with Gasteiger partial charge in [-0.05, 0) is 54.0 Å². The molecule has 3 rings (SSSR count). The molecule has 0 aliphatic heterocycles. The molecule has 22 heavy (non-hydrogen) atoms. The van der Waals surface area contributed by atoms with Crippen LogP contribution in [0.25, 0.3) is 22.3 Å². The van der Waals surface area contributed by atoms with Gasteiger partial charge in [-0.15, -0.1) is 0 Å².